The van der Waals surface area contributed by atoms with Crippen LogP contribution >= 0.6 is 0 Å². The highest BCUT2D eigenvalue weighted by atomic mass is 16.2. The molecule has 0 aliphatic carbocycles. The maximum absolute atomic E-state index is 13.2. The lowest BCUT2D eigenvalue weighted by atomic mass is 10.0. The zero-order valence-corrected chi connectivity index (χ0v) is 18.8. The number of amides is 2. The van der Waals surface area contributed by atoms with E-state index in [1.54, 1.807) is 0 Å². The van der Waals surface area contributed by atoms with Crippen LogP contribution in [0.1, 0.15) is 34.6 Å². The smallest absolute Gasteiger partial charge is 0.253 e. The second-order valence-electron chi connectivity index (χ2n) is 8.58. The first-order valence-corrected chi connectivity index (χ1v) is 11.4. The molecule has 2 aromatic carbocycles. The number of anilines is 2. The number of piperazine rings is 1. The summed E-state index contributed by atoms with van der Waals surface area (Å²) >= 11 is 0. The molecule has 5 rings (SSSR count). The number of nitrogens with one attached hydrogen (secondary N) is 1. The Bertz CT molecular complexity index is 1190. The molecule has 7 heteroatoms. The molecule has 0 atom stereocenters. The van der Waals surface area contributed by atoms with Crippen molar-refractivity contribution < 1.29 is 9.59 Å². The molecule has 1 aromatic heterocycles. The molecule has 2 aliphatic rings. The minimum atomic E-state index is 0.0388. The Morgan fingerprint density at radius 3 is 2.52 bits per heavy atom. The van der Waals surface area contributed by atoms with Crippen LogP contribution in [0.4, 0.5) is 11.5 Å². The minimum absolute atomic E-state index is 0.0388. The number of benzene rings is 2. The van der Waals surface area contributed by atoms with Crippen LogP contribution < -0.4 is 10.2 Å². The molecule has 1 fully saturated rings. The van der Waals surface area contributed by atoms with Gasteiger partial charge in [-0.3, -0.25) is 9.59 Å². The fourth-order valence-electron chi connectivity index (χ4n) is 4.50. The molecule has 2 amide bonds. The zero-order valence-electron chi connectivity index (χ0n) is 18.8. The Labute approximate surface area is 193 Å². The van der Waals surface area contributed by atoms with Gasteiger partial charge in [0.2, 0.25) is 5.91 Å². The van der Waals surface area contributed by atoms with E-state index in [1.165, 1.54) is 0 Å². The highest BCUT2D eigenvalue weighted by molar-refractivity contribution is 5.97. The third kappa shape index (κ3) is 4.58. The van der Waals surface area contributed by atoms with Gasteiger partial charge in [0.1, 0.15) is 11.6 Å². The number of rotatable bonds is 3. The number of aryl methyl sites for hydroxylation is 2. The quantitative estimate of drug-likeness (QED) is 0.671. The summed E-state index contributed by atoms with van der Waals surface area (Å²) in [5.74, 6) is 1.72. The topological polar surface area (TPSA) is 78.4 Å². The van der Waals surface area contributed by atoms with E-state index < -0.39 is 0 Å². The Hall–Kier alpha value is -3.74. The fourth-order valence-corrected chi connectivity index (χ4v) is 4.50. The minimum Gasteiger partial charge on any atom is -0.353 e. The third-order valence-corrected chi connectivity index (χ3v) is 6.26. The molecule has 0 saturated carbocycles. The molecule has 0 spiro atoms. The summed E-state index contributed by atoms with van der Waals surface area (Å²) in [6.45, 7) is 4.62. The van der Waals surface area contributed by atoms with E-state index in [9.17, 15) is 9.59 Å². The molecule has 0 unspecified atom stereocenters. The van der Waals surface area contributed by atoms with E-state index in [-0.39, 0.29) is 11.8 Å². The van der Waals surface area contributed by atoms with Gasteiger partial charge in [0.05, 0.1) is 5.69 Å². The standard InChI is InChI=1S/C26H27N5O2/c1-18-27-23(19-6-3-2-4-7-19)17-24(28-18)30-12-14-31(15-13-30)26(33)21-10-11-22-20(16-21)8-5-9-25(32)29-22/h2-4,6-7,10-11,16-17H,5,8-9,12-15H2,1H3,(H,29,32). The number of carbonyl (C=O) groups excluding carboxylic acids is 2. The van der Waals surface area contributed by atoms with E-state index in [1.807, 2.05) is 66.4 Å². The molecular weight excluding hydrogens is 414 g/mol. The van der Waals surface area contributed by atoms with E-state index >= 15 is 0 Å². The summed E-state index contributed by atoms with van der Waals surface area (Å²) in [4.78, 5) is 38.3. The molecule has 3 aromatic rings. The van der Waals surface area contributed by atoms with E-state index in [4.69, 9.17) is 0 Å². The van der Waals surface area contributed by atoms with Crippen LogP contribution in [0.3, 0.4) is 0 Å². The molecule has 1 N–H and O–H groups in total. The van der Waals surface area contributed by atoms with Gasteiger partial charge >= 0.3 is 0 Å². The van der Waals surface area contributed by atoms with Gasteiger partial charge in [-0.25, -0.2) is 9.97 Å². The van der Waals surface area contributed by atoms with Crippen molar-refractivity contribution in [2.75, 3.05) is 36.4 Å². The van der Waals surface area contributed by atoms with Crippen LogP contribution in [-0.2, 0) is 11.2 Å². The molecule has 33 heavy (non-hydrogen) atoms. The number of hydrogen-bond donors (Lipinski definition) is 1. The second-order valence-corrected chi connectivity index (χ2v) is 8.58. The van der Waals surface area contributed by atoms with Crippen molar-refractivity contribution in [1.82, 2.24) is 14.9 Å². The number of hydrogen-bond acceptors (Lipinski definition) is 5. The summed E-state index contributed by atoms with van der Waals surface area (Å²) in [5.41, 5.74) is 4.52. The summed E-state index contributed by atoms with van der Waals surface area (Å²) in [6, 6.07) is 17.8. The highest BCUT2D eigenvalue weighted by Gasteiger charge is 2.24. The van der Waals surface area contributed by atoms with Gasteiger partial charge in [-0.2, -0.15) is 0 Å². The Balaban J connectivity index is 1.28. The molecule has 1 saturated heterocycles. The maximum atomic E-state index is 13.2. The summed E-state index contributed by atoms with van der Waals surface area (Å²) in [5, 5.41) is 2.93. The Kier molecular flexibility index (Phi) is 5.77. The fraction of sp³-hybridized carbons (Fsp3) is 0.308. The Morgan fingerprint density at radius 2 is 1.73 bits per heavy atom. The van der Waals surface area contributed by atoms with Gasteiger partial charge in [-0.15, -0.1) is 0 Å². The monoisotopic (exact) mass is 441 g/mol. The summed E-state index contributed by atoms with van der Waals surface area (Å²) in [7, 11) is 0. The van der Waals surface area contributed by atoms with Gasteiger partial charge in [0, 0.05) is 55.5 Å². The number of fused-ring (bicyclic) bond motifs is 1. The average molecular weight is 442 g/mol. The van der Waals surface area contributed by atoms with Gasteiger partial charge in [-0.1, -0.05) is 30.3 Å². The van der Waals surface area contributed by atoms with Crippen molar-refractivity contribution in [3.8, 4) is 11.3 Å². The number of nitrogens with zero attached hydrogens (tertiary/aromatic N) is 4. The van der Waals surface area contributed by atoms with Crippen molar-refractivity contribution in [2.45, 2.75) is 26.2 Å². The van der Waals surface area contributed by atoms with E-state index in [0.717, 1.165) is 60.1 Å². The molecule has 3 heterocycles. The summed E-state index contributed by atoms with van der Waals surface area (Å²) in [6.07, 6.45) is 2.13. The van der Waals surface area contributed by atoms with Crippen LogP contribution in [0.25, 0.3) is 11.3 Å². The van der Waals surface area contributed by atoms with Gasteiger partial charge in [-0.05, 0) is 43.5 Å². The second kappa shape index (κ2) is 9.02. The molecule has 0 radical (unpaired) electrons. The number of aromatic nitrogens is 2. The lowest BCUT2D eigenvalue weighted by Gasteiger charge is -2.35. The largest absolute Gasteiger partial charge is 0.353 e. The first-order valence-electron chi connectivity index (χ1n) is 11.4. The van der Waals surface area contributed by atoms with Gasteiger partial charge < -0.3 is 15.1 Å². The Morgan fingerprint density at radius 1 is 0.939 bits per heavy atom. The lowest BCUT2D eigenvalue weighted by Crippen LogP contribution is -2.49. The lowest BCUT2D eigenvalue weighted by molar-refractivity contribution is -0.116. The van der Waals surface area contributed by atoms with Crippen molar-refractivity contribution >= 4 is 23.3 Å². The van der Waals surface area contributed by atoms with Gasteiger partial charge in [0.15, 0.2) is 0 Å². The van der Waals surface area contributed by atoms with Crippen LogP contribution in [0.2, 0.25) is 0 Å². The zero-order chi connectivity index (χ0) is 22.8. The molecule has 0 bridgehead atoms. The predicted molar refractivity (Wildman–Crippen MR) is 128 cm³/mol. The van der Waals surface area contributed by atoms with Gasteiger partial charge in [0.25, 0.3) is 5.91 Å². The molecular formula is C26H27N5O2. The SMILES string of the molecule is Cc1nc(-c2ccccc2)cc(N2CCN(C(=O)c3ccc4c(c3)CCCC(=O)N4)CC2)n1. The third-order valence-electron chi connectivity index (χ3n) is 6.26. The predicted octanol–water partition coefficient (Wildman–Crippen LogP) is 3.69. The number of carbonyl (C=O) groups is 2. The van der Waals surface area contributed by atoms with E-state index in [0.29, 0.717) is 25.1 Å². The normalized spacial score (nSPS) is 16.1. The molecule has 168 valence electrons. The van der Waals surface area contributed by atoms with Crippen molar-refractivity contribution in [3.05, 3.63) is 71.5 Å². The van der Waals surface area contributed by atoms with Crippen molar-refractivity contribution in [1.29, 1.82) is 0 Å². The first kappa shape index (κ1) is 21.1. The van der Waals surface area contributed by atoms with Crippen LogP contribution in [0, 0.1) is 6.92 Å². The van der Waals surface area contributed by atoms with Crippen molar-refractivity contribution in [2.24, 2.45) is 0 Å². The van der Waals surface area contributed by atoms with Crippen LogP contribution in [-0.4, -0.2) is 52.9 Å². The first-order chi connectivity index (χ1) is 16.1. The summed E-state index contributed by atoms with van der Waals surface area (Å²) < 4.78 is 0. The van der Waals surface area contributed by atoms with Crippen molar-refractivity contribution in [3.63, 3.8) is 0 Å². The van der Waals surface area contributed by atoms with Crippen LogP contribution in [0.5, 0.6) is 0 Å². The molecule has 7 nitrogen and oxygen atoms in total. The highest BCUT2D eigenvalue weighted by Crippen LogP contribution is 2.25. The molecule has 2 aliphatic heterocycles. The van der Waals surface area contributed by atoms with Crippen LogP contribution in [0.15, 0.2) is 54.6 Å². The maximum Gasteiger partial charge on any atom is 0.253 e. The average Bonchev–Trinajstić information content (AvgIpc) is 3.04. The van der Waals surface area contributed by atoms with E-state index in [2.05, 4.69) is 20.2 Å².